The molecule has 90 valence electrons. The predicted molar refractivity (Wildman–Crippen MR) is 76.6 cm³/mol. The Balaban J connectivity index is 2.36. The van der Waals surface area contributed by atoms with E-state index in [-0.39, 0.29) is 0 Å². The van der Waals surface area contributed by atoms with E-state index in [2.05, 4.69) is 47.1 Å². The zero-order valence-corrected chi connectivity index (χ0v) is 12.6. The summed E-state index contributed by atoms with van der Waals surface area (Å²) in [5.41, 5.74) is 1.84. The molecular weight excluding hydrogens is 360 g/mol. The molecule has 4 nitrogen and oxygen atoms in total. The van der Waals surface area contributed by atoms with Crippen molar-refractivity contribution in [2.24, 2.45) is 0 Å². The van der Waals surface area contributed by atoms with Gasteiger partial charge in [0.25, 0.3) is 0 Å². The summed E-state index contributed by atoms with van der Waals surface area (Å²) in [4.78, 5) is 8.39. The maximum Gasteiger partial charge on any atom is 0.164 e. The highest BCUT2D eigenvalue weighted by molar-refractivity contribution is 9.10. The lowest BCUT2D eigenvalue weighted by molar-refractivity contribution is 1.17. The number of nitrogens with zero attached hydrogens (tertiary/aromatic N) is 3. The average Bonchev–Trinajstić information content (AvgIpc) is 2.34. The van der Waals surface area contributed by atoms with Crippen LogP contribution in [0.3, 0.4) is 0 Å². The highest BCUT2D eigenvalue weighted by Crippen LogP contribution is 2.23. The zero-order chi connectivity index (χ0) is 13.1. The number of anilines is 2. The number of nitriles is 1. The van der Waals surface area contributed by atoms with Crippen molar-refractivity contribution in [3.05, 3.63) is 44.7 Å². The van der Waals surface area contributed by atoms with E-state index >= 15 is 0 Å². The Morgan fingerprint density at radius 3 is 2.78 bits per heavy atom. The van der Waals surface area contributed by atoms with Gasteiger partial charge in [-0.1, -0.05) is 0 Å². The third kappa shape index (κ3) is 2.86. The highest BCUT2D eigenvalue weighted by Gasteiger charge is 2.06. The molecule has 0 atom stereocenters. The number of pyridine rings is 2. The van der Waals surface area contributed by atoms with Crippen LogP contribution in [-0.4, -0.2) is 9.97 Å². The van der Waals surface area contributed by atoms with Gasteiger partial charge in [-0.15, -0.1) is 0 Å². The molecule has 0 aliphatic rings. The van der Waals surface area contributed by atoms with Crippen molar-refractivity contribution in [1.82, 2.24) is 9.97 Å². The third-order valence-corrected chi connectivity index (χ3v) is 3.52. The molecule has 18 heavy (non-hydrogen) atoms. The molecule has 6 heteroatoms. The van der Waals surface area contributed by atoms with Crippen molar-refractivity contribution >= 4 is 43.4 Å². The van der Waals surface area contributed by atoms with E-state index in [1.807, 2.05) is 25.1 Å². The van der Waals surface area contributed by atoms with E-state index in [4.69, 9.17) is 5.26 Å². The number of rotatable bonds is 2. The van der Waals surface area contributed by atoms with Gasteiger partial charge in [-0.2, -0.15) is 5.26 Å². The van der Waals surface area contributed by atoms with Crippen LogP contribution in [0.15, 0.2) is 33.3 Å². The van der Waals surface area contributed by atoms with Gasteiger partial charge >= 0.3 is 0 Å². The quantitative estimate of drug-likeness (QED) is 0.873. The van der Waals surface area contributed by atoms with Crippen LogP contribution in [0.2, 0.25) is 0 Å². The summed E-state index contributed by atoms with van der Waals surface area (Å²) in [6, 6.07) is 7.57. The minimum atomic E-state index is 0.334. The van der Waals surface area contributed by atoms with Crippen molar-refractivity contribution in [1.29, 1.82) is 5.26 Å². The van der Waals surface area contributed by atoms with Crippen LogP contribution in [0, 0.1) is 18.3 Å². The number of aromatic nitrogens is 2. The summed E-state index contributed by atoms with van der Waals surface area (Å²) in [7, 11) is 0. The second kappa shape index (κ2) is 5.46. The molecule has 0 saturated carbocycles. The lowest BCUT2D eigenvalue weighted by Gasteiger charge is -2.08. The van der Waals surface area contributed by atoms with Crippen LogP contribution in [0.5, 0.6) is 0 Å². The van der Waals surface area contributed by atoms with E-state index in [0.717, 1.165) is 14.6 Å². The summed E-state index contributed by atoms with van der Waals surface area (Å²) in [5, 5.41) is 12.1. The number of hydrogen-bond acceptors (Lipinski definition) is 4. The average molecular weight is 368 g/mol. The second-order valence-electron chi connectivity index (χ2n) is 3.55. The Morgan fingerprint density at radius 1 is 1.33 bits per heavy atom. The molecule has 2 rings (SSSR count). The molecule has 0 aromatic carbocycles. The molecule has 0 bridgehead atoms. The summed E-state index contributed by atoms with van der Waals surface area (Å²) in [5.74, 6) is 0.673. The number of aryl methyl sites for hydroxylation is 1. The monoisotopic (exact) mass is 366 g/mol. The molecule has 0 radical (unpaired) electrons. The number of halogens is 2. The molecule has 0 aliphatic carbocycles. The predicted octanol–water partition coefficient (Wildman–Crippen LogP) is 3.93. The van der Waals surface area contributed by atoms with Crippen LogP contribution >= 0.6 is 31.9 Å². The highest BCUT2D eigenvalue weighted by atomic mass is 79.9. The third-order valence-electron chi connectivity index (χ3n) is 2.24. The molecule has 1 N–H and O–H groups in total. The Morgan fingerprint density at radius 2 is 2.11 bits per heavy atom. The first kappa shape index (κ1) is 13.0. The summed E-state index contributed by atoms with van der Waals surface area (Å²) >= 11 is 6.72. The fourth-order valence-electron chi connectivity index (χ4n) is 1.38. The Bertz CT molecular complexity index is 634. The van der Waals surface area contributed by atoms with Gasteiger partial charge in [0.2, 0.25) is 0 Å². The minimum Gasteiger partial charge on any atom is -0.338 e. The normalized spacial score (nSPS) is 9.89. The van der Waals surface area contributed by atoms with Gasteiger partial charge < -0.3 is 5.32 Å². The van der Waals surface area contributed by atoms with Crippen molar-refractivity contribution in [3.63, 3.8) is 0 Å². The van der Waals surface area contributed by atoms with Gasteiger partial charge in [-0.25, -0.2) is 9.97 Å². The van der Waals surface area contributed by atoms with Crippen LogP contribution in [0.1, 0.15) is 11.4 Å². The van der Waals surface area contributed by atoms with Crippen molar-refractivity contribution in [2.75, 3.05) is 5.32 Å². The Hall–Kier alpha value is -1.45. The molecule has 0 aliphatic heterocycles. The van der Waals surface area contributed by atoms with Gasteiger partial charge in [0.1, 0.15) is 11.9 Å². The molecule has 0 unspecified atom stereocenters. The second-order valence-corrected chi connectivity index (χ2v) is 5.32. The van der Waals surface area contributed by atoms with E-state index in [1.165, 1.54) is 0 Å². The number of hydrogen-bond donors (Lipinski definition) is 1. The molecule has 0 amide bonds. The van der Waals surface area contributed by atoms with Crippen LogP contribution < -0.4 is 5.32 Å². The van der Waals surface area contributed by atoms with Crippen LogP contribution in [-0.2, 0) is 0 Å². The van der Waals surface area contributed by atoms with Gasteiger partial charge in [0.15, 0.2) is 5.69 Å². The molecule has 2 aromatic rings. The lowest BCUT2D eigenvalue weighted by Crippen LogP contribution is -1.99. The van der Waals surface area contributed by atoms with Crippen molar-refractivity contribution in [3.8, 4) is 6.07 Å². The molecule has 2 heterocycles. The first-order valence-electron chi connectivity index (χ1n) is 5.06. The Labute approximate surface area is 121 Å². The van der Waals surface area contributed by atoms with Gasteiger partial charge in [0, 0.05) is 15.1 Å². The maximum atomic E-state index is 8.99. The maximum absolute atomic E-state index is 8.99. The summed E-state index contributed by atoms with van der Waals surface area (Å²) in [6.07, 6.45) is 1.59. The van der Waals surface area contributed by atoms with E-state index in [9.17, 15) is 0 Å². The summed E-state index contributed by atoms with van der Waals surface area (Å²) < 4.78 is 1.75. The fraction of sp³-hybridized carbons (Fsp3) is 0.0833. The molecular formula is C12H8Br2N4. The SMILES string of the molecule is Cc1nc(Nc2cc(Br)cnc2C#N)ccc1Br. The largest absolute Gasteiger partial charge is 0.338 e. The zero-order valence-electron chi connectivity index (χ0n) is 9.41. The smallest absolute Gasteiger partial charge is 0.164 e. The van der Waals surface area contributed by atoms with Crippen molar-refractivity contribution in [2.45, 2.75) is 6.92 Å². The Kier molecular flexibility index (Phi) is 3.94. The number of nitrogens with one attached hydrogen (secondary N) is 1. The first-order valence-corrected chi connectivity index (χ1v) is 6.64. The first-order chi connectivity index (χ1) is 8.60. The van der Waals surface area contributed by atoms with E-state index in [1.54, 1.807) is 12.3 Å². The van der Waals surface area contributed by atoms with Gasteiger partial charge in [0.05, 0.1) is 11.4 Å². The van der Waals surface area contributed by atoms with E-state index in [0.29, 0.717) is 17.2 Å². The summed E-state index contributed by atoms with van der Waals surface area (Å²) in [6.45, 7) is 1.90. The molecule has 0 spiro atoms. The van der Waals surface area contributed by atoms with Gasteiger partial charge in [-0.05, 0) is 57.0 Å². The standard InChI is InChI=1S/C12H8Br2N4/c1-7-9(14)2-3-12(17-7)18-10-4-8(13)6-16-11(10)5-15/h2-4,6H,1H3,(H,17,18). The van der Waals surface area contributed by atoms with Crippen molar-refractivity contribution < 1.29 is 0 Å². The minimum absolute atomic E-state index is 0.334. The van der Waals surface area contributed by atoms with E-state index < -0.39 is 0 Å². The fourth-order valence-corrected chi connectivity index (χ4v) is 1.93. The van der Waals surface area contributed by atoms with Crippen LogP contribution in [0.25, 0.3) is 0 Å². The molecule has 0 saturated heterocycles. The molecule has 2 aromatic heterocycles. The lowest BCUT2D eigenvalue weighted by atomic mass is 10.3. The van der Waals surface area contributed by atoms with Crippen LogP contribution in [0.4, 0.5) is 11.5 Å². The van der Waals surface area contributed by atoms with Gasteiger partial charge in [-0.3, -0.25) is 0 Å². The topological polar surface area (TPSA) is 61.6 Å². The molecule has 0 fully saturated rings.